The number of anilines is 1. The van der Waals surface area contributed by atoms with Gasteiger partial charge in [-0.05, 0) is 18.4 Å². The van der Waals surface area contributed by atoms with E-state index >= 15 is 0 Å². The standard InChI is InChI=1S/C19H14F6N2S/c1-2-28(16-10-26-18(17(16)22)11-6-4-3-5-7-11)27-15-9-13(20)12(8-14(15)21)19(23,24)25/h2-10,26-27H,1H3. The summed E-state index contributed by atoms with van der Waals surface area (Å²) in [4.78, 5) is 2.94. The lowest BCUT2D eigenvalue weighted by Crippen LogP contribution is -2.10. The molecular weight excluding hydrogens is 402 g/mol. The summed E-state index contributed by atoms with van der Waals surface area (Å²) in [5, 5.41) is 1.51. The summed E-state index contributed by atoms with van der Waals surface area (Å²) in [6.07, 6.45) is -3.63. The van der Waals surface area contributed by atoms with E-state index in [1.54, 1.807) is 37.3 Å². The second-order valence-corrected chi connectivity index (χ2v) is 7.48. The molecule has 9 heteroatoms. The number of hydrogen-bond acceptors (Lipinski definition) is 1. The number of benzene rings is 2. The van der Waals surface area contributed by atoms with Gasteiger partial charge < -0.3 is 9.71 Å². The number of aromatic nitrogens is 1. The Morgan fingerprint density at radius 2 is 1.68 bits per heavy atom. The van der Waals surface area contributed by atoms with Crippen LogP contribution in [0.25, 0.3) is 11.3 Å². The van der Waals surface area contributed by atoms with Gasteiger partial charge in [-0.25, -0.2) is 13.2 Å². The Hall–Kier alpha value is -2.68. The molecule has 3 rings (SSSR count). The van der Waals surface area contributed by atoms with Crippen molar-refractivity contribution in [2.24, 2.45) is 0 Å². The van der Waals surface area contributed by atoms with Crippen LogP contribution in [0.4, 0.5) is 32.0 Å². The largest absolute Gasteiger partial charge is 0.419 e. The molecule has 2 N–H and O–H groups in total. The number of aromatic amines is 1. The van der Waals surface area contributed by atoms with Crippen molar-refractivity contribution in [3.8, 4) is 11.3 Å². The normalized spacial score (nSPS) is 13.0. The van der Waals surface area contributed by atoms with Gasteiger partial charge in [0, 0.05) is 17.8 Å². The topological polar surface area (TPSA) is 27.8 Å². The molecule has 2 nitrogen and oxygen atoms in total. The van der Waals surface area contributed by atoms with Crippen LogP contribution in [-0.2, 0) is 6.18 Å². The van der Waals surface area contributed by atoms with Crippen molar-refractivity contribution in [1.29, 1.82) is 0 Å². The fraction of sp³-hybridized carbons (Fsp3) is 0.105. The molecule has 3 aromatic rings. The molecule has 148 valence electrons. The zero-order chi connectivity index (χ0) is 20.5. The van der Waals surface area contributed by atoms with Crippen LogP contribution in [0.1, 0.15) is 12.5 Å². The first-order valence-electron chi connectivity index (χ1n) is 8.00. The van der Waals surface area contributed by atoms with Crippen LogP contribution >= 0.6 is 10.7 Å². The second-order valence-electron chi connectivity index (χ2n) is 5.69. The molecule has 0 bridgehead atoms. The van der Waals surface area contributed by atoms with E-state index in [2.05, 4.69) is 9.71 Å². The Morgan fingerprint density at radius 1 is 1.00 bits per heavy atom. The summed E-state index contributed by atoms with van der Waals surface area (Å²) < 4.78 is 83.4. The van der Waals surface area contributed by atoms with Gasteiger partial charge in [-0.1, -0.05) is 41.0 Å². The summed E-state index contributed by atoms with van der Waals surface area (Å²) in [6.45, 7) is 1.57. The summed E-state index contributed by atoms with van der Waals surface area (Å²) >= 11 is 0. The monoisotopic (exact) mass is 416 g/mol. The van der Waals surface area contributed by atoms with Gasteiger partial charge >= 0.3 is 6.18 Å². The summed E-state index contributed by atoms with van der Waals surface area (Å²) in [5.74, 6) is -3.49. The molecule has 0 saturated carbocycles. The minimum atomic E-state index is -5.01. The molecule has 1 aromatic heterocycles. The predicted octanol–water partition coefficient (Wildman–Crippen LogP) is 6.59. The van der Waals surface area contributed by atoms with Gasteiger partial charge in [0.2, 0.25) is 0 Å². The van der Waals surface area contributed by atoms with Gasteiger partial charge in [0.15, 0.2) is 5.82 Å². The first-order chi connectivity index (χ1) is 13.2. The van der Waals surface area contributed by atoms with Crippen molar-refractivity contribution in [1.82, 2.24) is 4.98 Å². The van der Waals surface area contributed by atoms with Crippen molar-refractivity contribution in [3.63, 3.8) is 0 Å². The molecule has 0 spiro atoms. The Bertz CT molecular complexity index is 1020. The SMILES string of the molecule is C/C=S(\Nc1cc(F)c(C(F)(F)F)cc1F)c1c[nH]c(-c2ccccc2)c1F. The number of nitrogens with one attached hydrogen (secondary N) is 2. The number of halogens is 6. The second kappa shape index (κ2) is 7.75. The predicted molar refractivity (Wildman–Crippen MR) is 98.8 cm³/mol. The zero-order valence-corrected chi connectivity index (χ0v) is 15.2. The molecule has 0 radical (unpaired) electrons. The van der Waals surface area contributed by atoms with E-state index in [1.807, 2.05) is 0 Å². The Morgan fingerprint density at radius 3 is 2.29 bits per heavy atom. The number of alkyl halides is 3. The van der Waals surface area contributed by atoms with Crippen LogP contribution < -0.4 is 4.72 Å². The third-order valence-corrected chi connectivity index (χ3v) is 5.58. The molecule has 1 atom stereocenters. The van der Waals surface area contributed by atoms with Gasteiger partial charge in [0.05, 0.1) is 21.8 Å². The van der Waals surface area contributed by atoms with Crippen molar-refractivity contribution in [3.05, 3.63) is 71.7 Å². The molecule has 0 amide bonds. The minimum Gasteiger partial charge on any atom is -0.358 e. The number of H-pyrrole nitrogens is 1. The molecule has 2 aromatic carbocycles. The highest BCUT2D eigenvalue weighted by molar-refractivity contribution is 8.16. The Balaban J connectivity index is 1.95. The van der Waals surface area contributed by atoms with Crippen molar-refractivity contribution >= 4 is 21.7 Å². The van der Waals surface area contributed by atoms with Gasteiger partial charge in [0.25, 0.3) is 0 Å². The third-order valence-electron chi connectivity index (χ3n) is 3.90. The lowest BCUT2D eigenvalue weighted by Gasteiger charge is -2.15. The van der Waals surface area contributed by atoms with Crippen LogP contribution in [0.15, 0.2) is 53.6 Å². The van der Waals surface area contributed by atoms with Crippen LogP contribution in [-0.4, -0.2) is 10.4 Å². The van der Waals surface area contributed by atoms with E-state index in [0.29, 0.717) is 11.6 Å². The first-order valence-corrected chi connectivity index (χ1v) is 9.29. The van der Waals surface area contributed by atoms with Crippen LogP contribution in [0.5, 0.6) is 0 Å². The molecule has 1 heterocycles. The van der Waals surface area contributed by atoms with E-state index < -0.39 is 45.5 Å². The average Bonchev–Trinajstić information content (AvgIpc) is 3.03. The highest BCUT2D eigenvalue weighted by Crippen LogP contribution is 2.38. The van der Waals surface area contributed by atoms with E-state index in [-0.39, 0.29) is 16.7 Å². The van der Waals surface area contributed by atoms with Crippen LogP contribution in [0, 0.1) is 17.5 Å². The zero-order valence-electron chi connectivity index (χ0n) is 14.4. The van der Waals surface area contributed by atoms with E-state index in [4.69, 9.17) is 0 Å². The molecule has 0 fully saturated rings. The summed E-state index contributed by atoms with van der Waals surface area (Å²) in [5.41, 5.74) is -1.38. The maximum Gasteiger partial charge on any atom is 0.419 e. The van der Waals surface area contributed by atoms with E-state index in [1.165, 1.54) is 11.6 Å². The average molecular weight is 416 g/mol. The maximum atomic E-state index is 14.9. The number of rotatable bonds is 4. The highest BCUT2D eigenvalue weighted by Gasteiger charge is 2.35. The summed E-state index contributed by atoms with van der Waals surface area (Å²) in [6, 6.07) is 9.15. The van der Waals surface area contributed by atoms with Gasteiger partial charge in [-0.15, -0.1) is 0 Å². The van der Waals surface area contributed by atoms with Gasteiger partial charge in [0.1, 0.15) is 11.6 Å². The van der Waals surface area contributed by atoms with Crippen LogP contribution in [0.2, 0.25) is 0 Å². The molecule has 0 aliphatic rings. The minimum absolute atomic E-state index is 0.0811. The Kier molecular flexibility index (Phi) is 5.55. The third kappa shape index (κ3) is 3.94. The number of hydrogen-bond donors (Lipinski definition) is 2. The fourth-order valence-corrected chi connectivity index (χ4v) is 3.92. The lowest BCUT2D eigenvalue weighted by atomic mass is 10.1. The quantitative estimate of drug-likeness (QED) is 0.364. The molecule has 0 aliphatic heterocycles. The van der Waals surface area contributed by atoms with E-state index in [9.17, 15) is 26.3 Å². The van der Waals surface area contributed by atoms with Crippen molar-refractivity contribution in [2.75, 3.05) is 4.72 Å². The smallest absolute Gasteiger partial charge is 0.358 e. The van der Waals surface area contributed by atoms with Gasteiger partial charge in [-0.2, -0.15) is 13.2 Å². The fourth-order valence-electron chi connectivity index (χ4n) is 2.56. The Labute approximate surface area is 159 Å². The molecule has 0 saturated heterocycles. The molecular formula is C19H14F6N2S. The van der Waals surface area contributed by atoms with E-state index in [0.717, 1.165) is 0 Å². The molecule has 0 aliphatic carbocycles. The molecule has 1 unspecified atom stereocenters. The lowest BCUT2D eigenvalue weighted by molar-refractivity contribution is -0.140. The van der Waals surface area contributed by atoms with Crippen LogP contribution in [0.3, 0.4) is 0 Å². The molecule has 28 heavy (non-hydrogen) atoms. The van der Waals surface area contributed by atoms with Crippen molar-refractivity contribution in [2.45, 2.75) is 18.0 Å². The van der Waals surface area contributed by atoms with Crippen molar-refractivity contribution < 1.29 is 26.3 Å². The first kappa shape index (κ1) is 20.1. The summed E-state index contributed by atoms with van der Waals surface area (Å²) in [7, 11) is -1.23. The maximum absolute atomic E-state index is 14.9. The van der Waals surface area contributed by atoms with Gasteiger partial charge in [-0.3, -0.25) is 0 Å². The highest BCUT2D eigenvalue weighted by atomic mass is 32.2.